The molecule has 0 saturated carbocycles. The number of nitrogens with one attached hydrogen (secondary N) is 1. The van der Waals surface area contributed by atoms with E-state index in [1.54, 1.807) is 19.1 Å². The van der Waals surface area contributed by atoms with Crippen molar-refractivity contribution in [3.8, 4) is 0 Å². The summed E-state index contributed by atoms with van der Waals surface area (Å²) in [7, 11) is 0. The van der Waals surface area contributed by atoms with Gasteiger partial charge in [-0.1, -0.05) is 12.1 Å². The molecule has 0 fully saturated rings. The second-order valence-corrected chi connectivity index (χ2v) is 6.42. The SMILES string of the molecule is Cc1cc(C(=O)NC(C)c2cccc(C(F)(F)F)c2)sc1C. The van der Waals surface area contributed by atoms with Gasteiger partial charge in [-0.2, -0.15) is 13.2 Å². The zero-order valence-corrected chi connectivity index (χ0v) is 13.2. The Balaban J connectivity index is 2.15. The highest BCUT2D eigenvalue weighted by atomic mass is 32.1. The van der Waals surface area contributed by atoms with Crippen LogP contribution in [0.2, 0.25) is 0 Å². The molecule has 2 rings (SSSR count). The molecule has 1 unspecified atom stereocenters. The van der Waals surface area contributed by atoms with E-state index in [2.05, 4.69) is 5.32 Å². The number of carbonyl (C=O) groups excluding carboxylic acids is 1. The molecule has 1 N–H and O–H groups in total. The highest BCUT2D eigenvalue weighted by Crippen LogP contribution is 2.31. The van der Waals surface area contributed by atoms with Gasteiger partial charge < -0.3 is 5.32 Å². The summed E-state index contributed by atoms with van der Waals surface area (Å²) in [5, 5.41) is 2.74. The summed E-state index contributed by atoms with van der Waals surface area (Å²) in [4.78, 5) is 13.8. The summed E-state index contributed by atoms with van der Waals surface area (Å²) < 4.78 is 38.2. The number of amides is 1. The maximum atomic E-state index is 12.7. The quantitative estimate of drug-likeness (QED) is 0.856. The summed E-state index contributed by atoms with van der Waals surface area (Å²) in [5.74, 6) is -0.272. The number of carbonyl (C=O) groups is 1. The third-order valence-electron chi connectivity index (χ3n) is 3.45. The van der Waals surface area contributed by atoms with Crippen LogP contribution in [-0.2, 0) is 6.18 Å². The summed E-state index contributed by atoms with van der Waals surface area (Å²) >= 11 is 1.38. The smallest absolute Gasteiger partial charge is 0.345 e. The number of benzene rings is 1. The third kappa shape index (κ3) is 3.68. The van der Waals surface area contributed by atoms with E-state index >= 15 is 0 Å². The van der Waals surface area contributed by atoms with E-state index < -0.39 is 17.8 Å². The van der Waals surface area contributed by atoms with E-state index in [9.17, 15) is 18.0 Å². The van der Waals surface area contributed by atoms with E-state index in [-0.39, 0.29) is 5.91 Å². The second kappa shape index (κ2) is 6.12. The molecule has 1 atom stereocenters. The molecule has 1 aromatic heterocycles. The molecule has 0 radical (unpaired) electrons. The van der Waals surface area contributed by atoms with E-state index in [0.29, 0.717) is 10.4 Å². The number of aryl methyl sites for hydroxylation is 2. The fraction of sp³-hybridized carbons (Fsp3) is 0.312. The Bertz CT molecular complexity index is 671. The predicted molar refractivity (Wildman–Crippen MR) is 81.1 cm³/mol. The lowest BCUT2D eigenvalue weighted by Crippen LogP contribution is -2.26. The molecule has 0 bridgehead atoms. The summed E-state index contributed by atoms with van der Waals surface area (Å²) in [5.41, 5.74) is 0.740. The van der Waals surface area contributed by atoms with Gasteiger partial charge in [0.1, 0.15) is 0 Å². The van der Waals surface area contributed by atoms with Gasteiger partial charge in [0.15, 0.2) is 0 Å². The maximum Gasteiger partial charge on any atom is 0.416 e. The fourth-order valence-corrected chi connectivity index (χ4v) is 2.96. The minimum Gasteiger partial charge on any atom is -0.345 e. The van der Waals surface area contributed by atoms with Gasteiger partial charge in [-0.3, -0.25) is 4.79 Å². The Morgan fingerprint density at radius 1 is 1.23 bits per heavy atom. The Morgan fingerprint density at radius 3 is 2.45 bits per heavy atom. The lowest BCUT2D eigenvalue weighted by atomic mass is 10.0. The van der Waals surface area contributed by atoms with Crippen LogP contribution in [0.5, 0.6) is 0 Å². The van der Waals surface area contributed by atoms with Crippen molar-refractivity contribution in [2.24, 2.45) is 0 Å². The van der Waals surface area contributed by atoms with Crippen molar-refractivity contribution in [3.63, 3.8) is 0 Å². The van der Waals surface area contributed by atoms with Gasteiger partial charge in [0.05, 0.1) is 16.5 Å². The van der Waals surface area contributed by atoms with Crippen molar-refractivity contribution in [3.05, 3.63) is 56.8 Å². The zero-order chi connectivity index (χ0) is 16.5. The van der Waals surface area contributed by atoms with E-state index in [1.807, 2.05) is 13.8 Å². The maximum absolute atomic E-state index is 12.7. The number of alkyl halides is 3. The Labute approximate surface area is 131 Å². The number of hydrogen-bond acceptors (Lipinski definition) is 2. The van der Waals surface area contributed by atoms with E-state index in [1.165, 1.54) is 17.4 Å². The average molecular weight is 327 g/mol. The van der Waals surface area contributed by atoms with Crippen molar-refractivity contribution in [2.75, 3.05) is 0 Å². The molecule has 0 aliphatic rings. The highest BCUT2D eigenvalue weighted by molar-refractivity contribution is 7.14. The fourth-order valence-electron chi connectivity index (χ4n) is 2.02. The van der Waals surface area contributed by atoms with Crippen molar-refractivity contribution >= 4 is 17.2 Å². The normalized spacial score (nSPS) is 13.0. The van der Waals surface area contributed by atoms with Crippen molar-refractivity contribution < 1.29 is 18.0 Å². The van der Waals surface area contributed by atoms with Crippen LogP contribution in [0.15, 0.2) is 30.3 Å². The first-order valence-corrected chi connectivity index (χ1v) is 7.55. The molecule has 1 heterocycles. The number of rotatable bonds is 3. The molecule has 2 nitrogen and oxygen atoms in total. The molecule has 118 valence electrons. The lowest BCUT2D eigenvalue weighted by molar-refractivity contribution is -0.137. The average Bonchev–Trinajstić information content (AvgIpc) is 2.78. The molecule has 0 saturated heterocycles. The number of thiophene rings is 1. The molecule has 0 spiro atoms. The van der Waals surface area contributed by atoms with Gasteiger partial charge in [-0.15, -0.1) is 11.3 Å². The van der Waals surface area contributed by atoms with Crippen LogP contribution >= 0.6 is 11.3 Å². The van der Waals surface area contributed by atoms with Crippen LogP contribution in [0, 0.1) is 13.8 Å². The minimum absolute atomic E-state index is 0.272. The lowest BCUT2D eigenvalue weighted by Gasteiger charge is -2.15. The van der Waals surface area contributed by atoms with Crippen LogP contribution in [0.25, 0.3) is 0 Å². The number of halogens is 3. The van der Waals surface area contributed by atoms with Gasteiger partial charge in [0.2, 0.25) is 0 Å². The van der Waals surface area contributed by atoms with Crippen molar-refractivity contribution in [1.29, 1.82) is 0 Å². The Hall–Kier alpha value is -1.82. The molecule has 1 aromatic carbocycles. The van der Waals surface area contributed by atoms with Crippen molar-refractivity contribution in [1.82, 2.24) is 5.32 Å². The van der Waals surface area contributed by atoms with Gasteiger partial charge in [-0.05, 0) is 50.1 Å². The molecule has 2 aromatic rings. The van der Waals surface area contributed by atoms with Crippen LogP contribution in [-0.4, -0.2) is 5.91 Å². The molecule has 6 heteroatoms. The molecular weight excluding hydrogens is 311 g/mol. The Morgan fingerprint density at radius 2 is 1.91 bits per heavy atom. The van der Waals surface area contributed by atoms with Crippen LogP contribution in [0.3, 0.4) is 0 Å². The summed E-state index contributed by atoms with van der Waals surface area (Å²) in [6, 6.07) is 6.29. The topological polar surface area (TPSA) is 29.1 Å². The predicted octanol–water partition coefficient (Wildman–Crippen LogP) is 4.87. The number of hydrogen-bond donors (Lipinski definition) is 1. The van der Waals surface area contributed by atoms with E-state index in [4.69, 9.17) is 0 Å². The largest absolute Gasteiger partial charge is 0.416 e. The first-order valence-electron chi connectivity index (χ1n) is 6.73. The minimum atomic E-state index is -4.39. The van der Waals surface area contributed by atoms with Crippen LogP contribution in [0.4, 0.5) is 13.2 Å². The molecule has 0 aliphatic heterocycles. The second-order valence-electron chi connectivity index (χ2n) is 5.17. The summed E-state index contributed by atoms with van der Waals surface area (Å²) in [6.45, 7) is 5.51. The van der Waals surface area contributed by atoms with Gasteiger partial charge in [0, 0.05) is 4.88 Å². The van der Waals surface area contributed by atoms with Crippen LogP contribution in [0.1, 0.15) is 44.2 Å². The van der Waals surface area contributed by atoms with Gasteiger partial charge >= 0.3 is 6.18 Å². The van der Waals surface area contributed by atoms with Crippen LogP contribution < -0.4 is 5.32 Å². The molecule has 22 heavy (non-hydrogen) atoms. The Kier molecular flexibility index (Phi) is 4.60. The van der Waals surface area contributed by atoms with Gasteiger partial charge in [0.25, 0.3) is 5.91 Å². The highest BCUT2D eigenvalue weighted by Gasteiger charge is 2.30. The summed E-state index contributed by atoms with van der Waals surface area (Å²) in [6.07, 6.45) is -4.39. The molecule has 0 aliphatic carbocycles. The first kappa shape index (κ1) is 16.5. The molecule has 1 amide bonds. The molecular formula is C16H16F3NOS. The first-order chi connectivity index (χ1) is 10.2. The standard InChI is InChI=1S/C16H16F3NOS/c1-9-7-14(22-11(9)3)15(21)20-10(2)12-5-4-6-13(8-12)16(17,18)19/h4-8,10H,1-3H3,(H,20,21). The van der Waals surface area contributed by atoms with Crippen molar-refractivity contribution in [2.45, 2.75) is 33.0 Å². The zero-order valence-electron chi connectivity index (χ0n) is 12.4. The van der Waals surface area contributed by atoms with E-state index in [0.717, 1.165) is 22.6 Å². The monoisotopic (exact) mass is 327 g/mol. The third-order valence-corrected chi connectivity index (χ3v) is 4.60. The van der Waals surface area contributed by atoms with Gasteiger partial charge in [-0.25, -0.2) is 0 Å².